The van der Waals surface area contributed by atoms with Crippen LogP contribution in [0.15, 0.2) is 24.3 Å². The van der Waals surface area contributed by atoms with E-state index < -0.39 is 17.3 Å². The Morgan fingerprint density at radius 3 is 2.52 bits per heavy atom. The Hall–Kier alpha value is -2.35. The number of nitrogens with one attached hydrogen (secondary N) is 1. The average molecular weight is 318 g/mol. The highest BCUT2D eigenvalue weighted by Crippen LogP contribution is 2.16. The van der Waals surface area contributed by atoms with Gasteiger partial charge < -0.3 is 0 Å². The van der Waals surface area contributed by atoms with Crippen LogP contribution in [0.1, 0.15) is 57.3 Å². The summed E-state index contributed by atoms with van der Waals surface area (Å²) in [5, 5.41) is 1.23. The third-order valence-electron chi connectivity index (χ3n) is 2.96. The normalized spacial score (nSPS) is 10.5. The molecule has 1 N–H and O–H groups in total. The molecule has 0 saturated heterocycles. The van der Waals surface area contributed by atoms with E-state index in [1.807, 2.05) is 6.92 Å². The Morgan fingerprint density at radius 2 is 1.96 bits per heavy atom. The Labute approximate surface area is 137 Å². The molecular weight excluding hydrogens is 295 g/mol. The second-order valence-electron chi connectivity index (χ2n) is 6.06. The number of hydrazine groups is 1. The second-order valence-corrected chi connectivity index (χ2v) is 6.06. The lowest BCUT2D eigenvalue weighted by molar-refractivity contribution is -0.126. The van der Waals surface area contributed by atoms with Gasteiger partial charge in [-0.2, -0.15) is 0 Å². The molecule has 0 aromatic heterocycles. The van der Waals surface area contributed by atoms with Gasteiger partial charge in [-0.05, 0) is 39.0 Å². The van der Waals surface area contributed by atoms with Gasteiger partial charge in [0.1, 0.15) is 5.82 Å². The van der Waals surface area contributed by atoms with E-state index in [0.29, 0.717) is 6.42 Å². The molecule has 1 aromatic carbocycles. The molecular formula is C18H23FN2O2. The number of rotatable bonds is 3. The van der Waals surface area contributed by atoms with Crippen LogP contribution in [0.2, 0.25) is 0 Å². The van der Waals surface area contributed by atoms with Crippen LogP contribution in [0.5, 0.6) is 0 Å². The molecule has 0 spiro atoms. The first-order chi connectivity index (χ1) is 10.8. The summed E-state index contributed by atoms with van der Waals surface area (Å²) in [5.41, 5.74) is 2.15. The van der Waals surface area contributed by atoms with E-state index in [0.717, 1.165) is 12.5 Å². The van der Waals surface area contributed by atoms with Crippen LogP contribution in [0.3, 0.4) is 0 Å². The van der Waals surface area contributed by atoms with Crippen molar-refractivity contribution in [3.63, 3.8) is 0 Å². The smallest absolute Gasteiger partial charge is 0.272 e. The van der Waals surface area contributed by atoms with Crippen LogP contribution >= 0.6 is 0 Å². The number of carbonyl (C=O) groups excluding carboxylic acids is 2. The van der Waals surface area contributed by atoms with E-state index in [2.05, 4.69) is 17.3 Å². The van der Waals surface area contributed by atoms with Crippen molar-refractivity contribution in [1.82, 2.24) is 10.4 Å². The van der Waals surface area contributed by atoms with Crippen molar-refractivity contribution in [2.24, 2.45) is 0 Å². The minimum Gasteiger partial charge on any atom is -0.273 e. The van der Waals surface area contributed by atoms with E-state index in [1.54, 1.807) is 20.8 Å². The first-order valence-corrected chi connectivity index (χ1v) is 7.61. The molecule has 0 aliphatic rings. The van der Waals surface area contributed by atoms with E-state index in [1.165, 1.54) is 23.2 Å². The second kappa shape index (κ2) is 8.33. The van der Waals surface area contributed by atoms with Crippen LogP contribution in [0.4, 0.5) is 4.39 Å². The molecule has 1 aromatic rings. The van der Waals surface area contributed by atoms with E-state index in [9.17, 15) is 14.0 Å². The lowest BCUT2D eigenvalue weighted by Gasteiger charge is -2.35. The van der Waals surface area contributed by atoms with Crippen LogP contribution in [-0.4, -0.2) is 22.4 Å². The zero-order chi connectivity index (χ0) is 17.5. The molecule has 0 atom stereocenters. The molecule has 4 nitrogen and oxygen atoms in total. The zero-order valence-corrected chi connectivity index (χ0v) is 14.1. The van der Waals surface area contributed by atoms with Crippen molar-refractivity contribution in [3.8, 4) is 11.8 Å². The first kappa shape index (κ1) is 18.7. The lowest BCUT2D eigenvalue weighted by atomic mass is 10.1. The highest BCUT2D eigenvalue weighted by Gasteiger charge is 2.29. The molecule has 0 radical (unpaired) electrons. The number of amides is 2. The van der Waals surface area contributed by atoms with Crippen molar-refractivity contribution in [2.45, 2.75) is 52.5 Å². The van der Waals surface area contributed by atoms with Crippen molar-refractivity contribution in [2.75, 3.05) is 0 Å². The summed E-state index contributed by atoms with van der Waals surface area (Å²) in [6.07, 6.45) is 1.38. The molecule has 0 saturated carbocycles. The van der Waals surface area contributed by atoms with Crippen molar-refractivity contribution in [3.05, 3.63) is 35.6 Å². The third kappa shape index (κ3) is 6.11. The summed E-state index contributed by atoms with van der Waals surface area (Å²) in [5.74, 6) is 4.53. The first-order valence-electron chi connectivity index (χ1n) is 7.61. The van der Waals surface area contributed by atoms with Gasteiger partial charge in [-0.1, -0.05) is 13.0 Å². The van der Waals surface area contributed by atoms with Crippen molar-refractivity contribution in [1.29, 1.82) is 0 Å². The van der Waals surface area contributed by atoms with E-state index in [4.69, 9.17) is 0 Å². The summed E-state index contributed by atoms with van der Waals surface area (Å²) in [4.78, 5) is 24.6. The fraction of sp³-hybridized carbons (Fsp3) is 0.444. The fourth-order valence-corrected chi connectivity index (χ4v) is 1.84. The summed E-state index contributed by atoms with van der Waals surface area (Å²) >= 11 is 0. The molecule has 23 heavy (non-hydrogen) atoms. The van der Waals surface area contributed by atoms with Gasteiger partial charge in [-0.15, -0.1) is 11.8 Å². The van der Waals surface area contributed by atoms with E-state index >= 15 is 0 Å². The highest BCUT2D eigenvalue weighted by atomic mass is 19.1. The molecule has 2 amide bonds. The number of halogens is 1. The highest BCUT2D eigenvalue weighted by molar-refractivity contribution is 5.95. The number of nitrogens with zero attached hydrogens (tertiary/aromatic N) is 1. The predicted octanol–water partition coefficient (Wildman–Crippen LogP) is 3.29. The molecule has 124 valence electrons. The maximum Gasteiger partial charge on any atom is 0.272 e. The number of hydrogen-bond donors (Lipinski definition) is 1. The molecule has 0 aliphatic carbocycles. The van der Waals surface area contributed by atoms with Crippen LogP contribution in [0.25, 0.3) is 0 Å². The molecule has 0 unspecified atom stereocenters. The van der Waals surface area contributed by atoms with Crippen molar-refractivity contribution < 1.29 is 14.0 Å². The number of hydrogen-bond acceptors (Lipinski definition) is 2. The van der Waals surface area contributed by atoms with Gasteiger partial charge in [0.15, 0.2) is 0 Å². The van der Waals surface area contributed by atoms with Crippen LogP contribution < -0.4 is 5.43 Å². The number of benzene rings is 1. The van der Waals surface area contributed by atoms with Gasteiger partial charge in [0.2, 0.25) is 5.91 Å². The standard InChI is InChI=1S/C18H23FN2O2/c1-5-6-7-8-12-16(22)20-21(18(2,3)4)17(23)14-10-9-11-15(19)13-14/h9-11,13H,5,8,12H2,1-4H3,(H,20,22). The monoisotopic (exact) mass is 318 g/mol. The summed E-state index contributed by atoms with van der Waals surface area (Å²) in [7, 11) is 0. The quantitative estimate of drug-likeness (QED) is 0.687. The Bertz CT molecular complexity index is 624. The van der Waals surface area contributed by atoms with Crippen molar-refractivity contribution >= 4 is 11.8 Å². The summed E-state index contributed by atoms with van der Waals surface area (Å²) in [6.45, 7) is 7.32. The summed E-state index contributed by atoms with van der Waals surface area (Å²) < 4.78 is 13.3. The van der Waals surface area contributed by atoms with Gasteiger partial charge in [0, 0.05) is 24.8 Å². The van der Waals surface area contributed by atoms with Gasteiger partial charge in [-0.25, -0.2) is 9.40 Å². The molecule has 0 aliphatic heterocycles. The molecule has 0 fully saturated rings. The summed E-state index contributed by atoms with van der Waals surface area (Å²) in [6, 6.07) is 5.40. The van der Waals surface area contributed by atoms with Gasteiger partial charge in [0.05, 0.1) is 5.54 Å². The van der Waals surface area contributed by atoms with Crippen LogP contribution in [-0.2, 0) is 4.79 Å². The molecule has 0 heterocycles. The Balaban J connectivity index is 2.85. The third-order valence-corrected chi connectivity index (χ3v) is 2.96. The SMILES string of the molecule is CCC#CCCC(=O)NN(C(=O)c1cccc(F)c1)C(C)(C)C. The van der Waals surface area contributed by atoms with E-state index in [-0.39, 0.29) is 17.9 Å². The minimum atomic E-state index is -0.645. The average Bonchev–Trinajstić information content (AvgIpc) is 2.47. The Kier molecular flexibility index (Phi) is 6.77. The fourth-order valence-electron chi connectivity index (χ4n) is 1.84. The maximum absolute atomic E-state index is 13.3. The lowest BCUT2D eigenvalue weighted by Crippen LogP contribution is -2.55. The number of carbonyl (C=O) groups is 2. The van der Waals surface area contributed by atoms with Crippen LogP contribution in [0, 0.1) is 17.7 Å². The topological polar surface area (TPSA) is 49.4 Å². The predicted molar refractivity (Wildman–Crippen MR) is 87.8 cm³/mol. The molecule has 0 bridgehead atoms. The maximum atomic E-state index is 13.3. The van der Waals surface area contributed by atoms with Gasteiger partial charge >= 0.3 is 0 Å². The zero-order valence-electron chi connectivity index (χ0n) is 14.1. The van der Waals surface area contributed by atoms with Gasteiger partial charge in [0.25, 0.3) is 5.91 Å². The largest absolute Gasteiger partial charge is 0.273 e. The minimum absolute atomic E-state index is 0.186. The Morgan fingerprint density at radius 1 is 1.26 bits per heavy atom. The molecule has 5 heteroatoms. The molecule has 1 rings (SSSR count). The van der Waals surface area contributed by atoms with Gasteiger partial charge in [-0.3, -0.25) is 15.0 Å².